The van der Waals surface area contributed by atoms with Crippen LogP contribution in [0.15, 0.2) is 0 Å². The minimum atomic E-state index is -0.0989. The zero-order valence-corrected chi connectivity index (χ0v) is 8.43. The summed E-state index contributed by atoms with van der Waals surface area (Å²) in [6.07, 6.45) is 2.00. The van der Waals surface area contributed by atoms with Crippen LogP contribution in [-0.4, -0.2) is 23.0 Å². The smallest absolute Gasteiger partial charge is 0.0574 e. The van der Waals surface area contributed by atoms with E-state index in [1.807, 2.05) is 0 Å². The van der Waals surface area contributed by atoms with Gasteiger partial charge in [0.15, 0.2) is 0 Å². The molecule has 1 nitrogen and oxygen atoms in total. The van der Waals surface area contributed by atoms with E-state index in [9.17, 15) is 5.11 Å². The van der Waals surface area contributed by atoms with Crippen LogP contribution in [0.2, 0.25) is 0 Å². The van der Waals surface area contributed by atoms with Crippen molar-refractivity contribution < 1.29 is 5.11 Å². The molecular weight excluding hydrogens is 195 g/mol. The first-order valence-electron chi connectivity index (χ1n) is 4.58. The van der Waals surface area contributed by atoms with Crippen LogP contribution >= 0.6 is 23.2 Å². The first kappa shape index (κ1) is 9.11. The predicted octanol–water partition coefficient (Wildman–Crippen LogP) is 2.10. The number of hydrogen-bond donors (Lipinski definition) is 1. The van der Waals surface area contributed by atoms with Crippen LogP contribution in [-0.2, 0) is 0 Å². The van der Waals surface area contributed by atoms with E-state index in [1.165, 1.54) is 0 Å². The lowest BCUT2D eigenvalue weighted by Gasteiger charge is -2.31. The molecule has 2 fully saturated rings. The fraction of sp³-hybridized carbons (Fsp3) is 1.00. The second-order valence-corrected chi connectivity index (χ2v) is 4.72. The molecule has 2 aliphatic rings. The molecule has 0 spiro atoms. The molecule has 0 aliphatic heterocycles. The second kappa shape index (κ2) is 3.36. The van der Waals surface area contributed by atoms with Crippen molar-refractivity contribution in [2.24, 2.45) is 23.7 Å². The average Bonchev–Trinajstić information content (AvgIpc) is 2.58. The molecule has 0 saturated heterocycles. The molecule has 3 unspecified atom stereocenters. The molecule has 2 bridgehead atoms. The molecule has 2 saturated carbocycles. The van der Waals surface area contributed by atoms with E-state index in [4.69, 9.17) is 23.2 Å². The number of alkyl halides is 2. The van der Waals surface area contributed by atoms with Crippen LogP contribution in [0, 0.1) is 23.7 Å². The first-order chi connectivity index (χ1) is 5.77. The Morgan fingerprint density at radius 1 is 1.08 bits per heavy atom. The van der Waals surface area contributed by atoms with Gasteiger partial charge in [0.05, 0.1) is 6.10 Å². The third-order valence-electron chi connectivity index (χ3n) is 3.68. The summed E-state index contributed by atoms with van der Waals surface area (Å²) in [5, 5.41) is 9.63. The zero-order valence-electron chi connectivity index (χ0n) is 6.92. The van der Waals surface area contributed by atoms with Crippen molar-refractivity contribution in [3.8, 4) is 0 Å². The summed E-state index contributed by atoms with van der Waals surface area (Å²) >= 11 is 11.8. The highest BCUT2D eigenvalue weighted by Crippen LogP contribution is 2.52. The molecule has 12 heavy (non-hydrogen) atoms. The highest BCUT2D eigenvalue weighted by atomic mass is 35.5. The molecule has 0 heterocycles. The summed E-state index contributed by atoms with van der Waals surface area (Å²) in [7, 11) is 0. The Hall–Kier alpha value is 0.540. The maximum absolute atomic E-state index is 9.63. The van der Waals surface area contributed by atoms with E-state index in [-0.39, 0.29) is 6.10 Å². The first-order valence-corrected chi connectivity index (χ1v) is 5.64. The van der Waals surface area contributed by atoms with Gasteiger partial charge in [0.25, 0.3) is 0 Å². The standard InChI is InChI=1S/C9H14Cl2O/c10-3-7-5-1-6(8(7)4-11)9(12)2-5/h5-9,12H,1-4H2/t5-,6?,7?,8?,9-/m0/s1. The summed E-state index contributed by atoms with van der Waals surface area (Å²) in [4.78, 5) is 0. The lowest BCUT2D eigenvalue weighted by atomic mass is 9.80. The molecule has 0 aromatic carbocycles. The van der Waals surface area contributed by atoms with E-state index >= 15 is 0 Å². The fourth-order valence-corrected chi connectivity index (χ4v) is 3.97. The van der Waals surface area contributed by atoms with Gasteiger partial charge in [0.1, 0.15) is 0 Å². The van der Waals surface area contributed by atoms with E-state index in [2.05, 4.69) is 0 Å². The minimum Gasteiger partial charge on any atom is -0.393 e. The van der Waals surface area contributed by atoms with Crippen molar-refractivity contribution in [2.75, 3.05) is 11.8 Å². The molecule has 0 radical (unpaired) electrons. The summed E-state index contributed by atoms with van der Waals surface area (Å²) in [6, 6.07) is 0. The Bertz CT molecular complexity index is 172. The van der Waals surface area contributed by atoms with Gasteiger partial charge < -0.3 is 5.11 Å². The molecule has 70 valence electrons. The van der Waals surface area contributed by atoms with Gasteiger partial charge in [-0.25, -0.2) is 0 Å². The maximum atomic E-state index is 9.63. The molecule has 1 N–H and O–H groups in total. The molecule has 2 aliphatic carbocycles. The third kappa shape index (κ3) is 1.18. The van der Waals surface area contributed by atoms with Gasteiger partial charge in [-0.15, -0.1) is 23.2 Å². The fourth-order valence-electron chi connectivity index (χ4n) is 3.03. The van der Waals surface area contributed by atoms with Gasteiger partial charge in [-0.2, -0.15) is 0 Å². The highest BCUT2D eigenvalue weighted by molar-refractivity contribution is 6.19. The van der Waals surface area contributed by atoms with Crippen LogP contribution in [0.1, 0.15) is 12.8 Å². The monoisotopic (exact) mass is 208 g/mol. The van der Waals surface area contributed by atoms with E-state index in [1.54, 1.807) is 0 Å². The molecule has 5 atom stereocenters. The number of rotatable bonds is 2. The Labute approximate surface area is 83.0 Å². The SMILES string of the molecule is O[C@H]1C[C@@H]2CC1C(CCl)C2CCl. The van der Waals surface area contributed by atoms with E-state index in [0.29, 0.717) is 35.4 Å². The van der Waals surface area contributed by atoms with Gasteiger partial charge in [-0.3, -0.25) is 0 Å². The van der Waals surface area contributed by atoms with Crippen molar-refractivity contribution in [2.45, 2.75) is 18.9 Å². The van der Waals surface area contributed by atoms with Crippen LogP contribution in [0.5, 0.6) is 0 Å². The summed E-state index contributed by atoms with van der Waals surface area (Å²) in [5.74, 6) is 3.50. The summed E-state index contributed by atoms with van der Waals surface area (Å²) in [6.45, 7) is 0. The van der Waals surface area contributed by atoms with E-state index < -0.39 is 0 Å². The molecule has 0 aromatic rings. The lowest BCUT2D eigenvalue weighted by Crippen LogP contribution is -2.33. The summed E-state index contributed by atoms with van der Waals surface area (Å²) in [5.41, 5.74) is 0. The van der Waals surface area contributed by atoms with Crippen LogP contribution in [0.4, 0.5) is 0 Å². The number of hydrogen-bond acceptors (Lipinski definition) is 1. The largest absolute Gasteiger partial charge is 0.393 e. The van der Waals surface area contributed by atoms with Crippen LogP contribution in [0.25, 0.3) is 0 Å². The third-order valence-corrected chi connectivity index (χ3v) is 4.39. The average molecular weight is 209 g/mol. The molecule has 0 amide bonds. The summed E-state index contributed by atoms with van der Waals surface area (Å²) < 4.78 is 0. The normalized spacial score (nSPS) is 51.8. The quantitative estimate of drug-likeness (QED) is 0.690. The predicted molar refractivity (Wildman–Crippen MR) is 50.6 cm³/mol. The van der Waals surface area contributed by atoms with Gasteiger partial charge in [-0.1, -0.05) is 0 Å². The van der Waals surface area contributed by atoms with Gasteiger partial charge in [0.2, 0.25) is 0 Å². The number of aliphatic hydroxyl groups excluding tert-OH is 1. The van der Waals surface area contributed by atoms with Crippen LogP contribution < -0.4 is 0 Å². The Balaban J connectivity index is 2.11. The molecule has 2 rings (SSSR count). The Morgan fingerprint density at radius 2 is 1.75 bits per heavy atom. The van der Waals surface area contributed by atoms with Gasteiger partial charge >= 0.3 is 0 Å². The Morgan fingerprint density at radius 3 is 2.33 bits per heavy atom. The van der Waals surface area contributed by atoms with Gasteiger partial charge in [-0.05, 0) is 36.5 Å². The molecule has 3 heteroatoms. The second-order valence-electron chi connectivity index (χ2n) is 4.10. The maximum Gasteiger partial charge on any atom is 0.0574 e. The topological polar surface area (TPSA) is 20.2 Å². The number of halogens is 2. The highest BCUT2D eigenvalue weighted by Gasteiger charge is 2.51. The van der Waals surface area contributed by atoms with Gasteiger partial charge in [0, 0.05) is 11.8 Å². The number of aliphatic hydroxyl groups is 1. The van der Waals surface area contributed by atoms with Crippen molar-refractivity contribution in [3.05, 3.63) is 0 Å². The van der Waals surface area contributed by atoms with Crippen molar-refractivity contribution in [3.63, 3.8) is 0 Å². The lowest BCUT2D eigenvalue weighted by molar-refractivity contribution is 0.0665. The number of fused-ring (bicyclic) bond motifs is 2. The van der Waals surface area contributed by atoms with Crippen LogP contribution in [0.3, 0.4) is 0 Å². The van der Waals surface area contributed by atoms with Crippen molar-refractivity contribution >= 4 is 23.2 Å². The Kier molecular flexibility index (Phi) is 2.55. The van der Waals surface area contributed by atoms with Crippen molar-refractivity contribution in [1.82, 2.24) is 0 Å². The molecule has 0 aromatic heterocycles. The van der Waals surface area contributed by atoms with Crippen molar-refractivity contribution in [1.29, 1.82) is 0 Å². The molecular formula is C9H14Cl2O. The minimum absolute atomic E-state index is 0.0989. The van der Waals surface area contributed by atoms with E-state index in [0.717, 1.165) is 12.8 Å². The zero-order chi connectivity index (χ0) is 8.72.